The Labute approximate surface area is 186 Å². The van der Waals surface area contributed by atoms with Crippen molar-refractivity contribution in [2.75, 3.05) is 18.5 Å². The van der Waals surface area contributed by atoms with E-state index in [0.29, 0.717) is 18.8 Å². The fourth-order valence-corrected chi connectivity index (χ4v) is 6.63. The molecule has 2 fully saturated rings. The Bertz CT molecular complexity index is 1280. The van der Waals surface area contributed by atoms with Gasteiger partial charge >= 0.3 is 0 Å². The van der Waals surface area contributed by atoms with Gasteiger partial charge in [0.2, 0.25) is 5.91 Å². The number of piperidine rings is 1. The summed E-state index contributed by atoms with van der Waals surface area (Å²) in [6.07, 6.45) is 0.877. The van der Waals surface area contributed by atoms with Crippen molar-refractivity contribution >= 4 is 17.3 Å². The van der Waals surface area contributed by atoms with Crippen LogP contribution in [0.1, 0.15) is 23.1 Å². The number of carbonyl (C=O) groups excluding carboxylic acids is 1. The van der Waals surface area contributed by atoms with Crippen LogP contribution in [0.5, 0.6) is 0 Å². The van der Waals surface area contributed by atoms with Crippen LogP contribution >= 0.6 is 0 Å². The highest BCUT2D eigenvalue weighted by Crippen LogP contribution is 2.77. The predicted molar refractivity (Wildman–Crippen MR) is 124 cm³/mol. The van der Waals surface area contributed by atoms with Gasteiger partial charge in [-0.3, -0.25) is 4.79 Å². The lowest BCUT2D eigenvalue weighted by atomic mass is 9.75. The molecule has 1 spiro atoms. The van der Waals surface area contributed by atoms with E-state index in [1.807, 2.05) is 47.4 Å². The van der Waals surface area contributed by atoms with E-state index in [-0.39, 0.29) is 17.4 Å². The second kappa shape index (κ2) is 6.62. The summed E-state index contributed by atoms with van der Waals surface area (Å²) in [5.74, 6) is 0.125. The van der Waals surface area contributed by atoms with Gasteiger partial charge in [0.15, 0.2) is 0 Å². The van der Waals surface area contributed by atoms with Crippen LogP contribution < -0.4 is 4.90 Å². The van der Waals surface area contributed by atoms with Gasteiger partial charge in [-0.15, -0.1) is 0 Å². The average Bonchev–Trinajstić information content (AvgIpc) is 3.39. The van der Waals surface area contributed by atoms with Gasteiger partial charge in [-0.25, -0.2) is 0 Å². The van der Waals surface area contributed by atoms with Crippen LogP contribution in [-0.4, -0.2) is 30.4 Å². The Hall–Kier alpha value is -3.76. The first-order valence-corrected chi connectivity index (χ1v) is 11.0. The van der Waals surface area contributed by atoms with Crippen LogP contribution in [-0.2, 0) is 22.2 Å². The Kier molecular flexibility index (Phi) is 3.92. The number of fused-ring (bicyclic) bond motifs is 2. The third-order valence-corrected chi connectivity index (χ3v) is 7.75. The fraction of sp³-hybridized carbons (Fsp3) is 0.269. The third kappa shape index (κ3) is 2.15. The molecule has 0 N–H and O–H groups in total. The fourth-order valence-electron chi connectivity index (χ4n) is 6.63. The predicted octanol–water partition coefficient (Wildman–Crippen LogP) is 5.07. The standard InChI is InChI=1S/C26H23N5O/c1-30-22-14-8-6-12-20(22)25-15-16-31(17-18-9-3-2-4-10-18)24(32)26(25,23(25)30)19-11-5-7-13-21(19)28-29-27/h2-14,23H,15-17H2,1H3/t23-,25+,26?/m1/s1. The summed E-state index contributed by atoms with van der Waals surface area (Å²) in [6.45, 7) is 1.29. The highest BCUT2D eigenvalue weighted by molar-refractivity contribution is 6.03. The van der Waals surface area contributed by atoms with E-state index in [4.69, 9.17) is 0 Å². The first-order valence-electron chi connectivity index (χ1n) is 11.0. The summed E-state index contributed by atoms with van der Waals surface area (Å²) in [7, 11) is 2.09. The Morgan fingerprint density at radius 2 is 1.69 bits per heavy atom. The molecule has 3 aromatic rings. The molecule has 2 heterocycles. The van der Waals surface area contributed by atoms with Gasteiger partial charge in [-0.1, -0.05) is 77.9 Å². The average molecular weight is 422 g/mol. The Morgan fingerprint density at radius 3 is 2.47 bits per heavy atom. The van der Waals surface area contributed by atoms with Crippen molar-refractivity contribution in [3.8, 4) is 0 Å². The number of benzene rings is 3. The van der Waals surface area contributed by atoms with Crippen LogP contribution in [0.25, 0.3) is 10.4 Å². The number of carbonyl (C=O) groups is 1. The number of rotatable bonds is 4. The summed E-state index contributed by atoms with van der Waals surface area (Å²) in [5.41, 5.74) is 13.1. The van der Waals surface area contributed by atoms with Crippen molar-refractivity contribution in [2.24, 2.45) is 5.11 Å². The van der Waals surface area contributed by atoms with E-state index < -0.39 is 5.41 Å². The van der Waals surface area contributed by atoms with Gasteiger partial charge in [0.05, 0.1) is 6.04 Å². The minimum absolute atomic E-state index is 0.00992. The van der Waals surface area contributed by atoms with Crippen molar-refractivity contribution < 1.29 is 4.79 Å². The molecule has 3 atom stereocenters. The maximum Gasteiger partial charge on any atom is 0.236 e. The molecule has 3 aromatic carbocycles. The number of hydrogen-bond donors (Lipinski definition) is 0. The van der Waals surface area contributed by atoms with Crippen molar-refractivity contribution in [1.29, 1.82) is 0 Å². The smallest absolute Gasteiger partial charge is 0.236 e. The highest BCUT2D eigenvalue weighted by atomic mass is 16.2. The van der Waals surface area contributed by atoms with Crippen LogP contribution in [0.15, 0.2) is 84.0 Å². The topological polar surface area (TPSA) is 72.3 Å². The first kappa shape index (κ1) is 19.0. The molecule has 1 unspecified atom stereocenters. The maximum atomic E-state index is 14.4. The molecule has 0 radical (unpaired) electrons. The van der Waals surface area contributed by atoms with Crippen LogP contribution in [0.3, 0.4) is 0 Å². The van der Waals surface area contributed by atoms with Gasteiger partial charge in [0, 0.05) is 41.8 Å². The van der Waals surface area contributed by atoms with Crippen molar-refractivity contribution in [1.82, 2.24) is 4.90 Å². The molecule has 1 aliphatic carbocycles. The molecule has 6 heteroatoms. The zero-order valence-electron chi connectivity index (χ0n) is 17.8. The number of likely N-dealkylation sites (tertiary alicyclic amines) is 1. The largest absolute Gasteiger partial charge is 0.369 e. The zero-order valence-corrected chi connectivity index (χ0v) is 17.8. The molecule has 2 aliphatic heterocycles. The van der Waals surface area contributed by atoms with Gasteiger partial charge in [-0.05, 0) is 34.7 Å². The number of nitrogens with zero attached hydrogens (tertiary/aromatic N) is 5. The summed E-state index contributed by atoms with van der Waals surface area (Å²) in [6, 6.07) is 26.2. The molecular weight excluding hydrogens is 398 g/mol. The lowest BCUT2D eigenvalue weighted by molar-refractivity contribution is -0.137. The SMILES string of the molecule is CN1c2ccccc2[C@]23CCN(Cc4ccccc4)C(=O)C2(c2ccccc2N=[N+]=[N-])[C@H]13. The van der Waals surface area contributed by atoms with Gasteiger partial charge < -0.3 is 9.80 Å². The summed E-state index contributed by atoms with van der Waals surface area (Å²) in [4.78, 5) is 21.7. The highest BCUT2D eigenvalue weighted by Gasteiger charge is 2.87. The number of hydrogen-bond acceptors (Lipinski definition) is 3. The van der Waals surface area contributed by atoms with E-state index >= 15 is 0 Å². The van der Waals surface area contributed by atoms with Crippen LogP contribution in [0.4, 0.5) is 11.4 Å². The third-order valence-electron chi connectivity index (χ3n) is 7.75. The minimum Gasteiger partial charge on any atom is -0.369 e. The van der Waals surface area contributed by atoms with Crippen molar-refractivity contribution in [2.45, 2.75) is 29.8 Å². The van der Waals surface area contributed by atoms with E-state index in [2.05, 4.69) is 58.4 Å². The molecule has 1 amide bonds. The molecule has 1 saturated carbocycles. The number of para-hydroxylation sites is 1. The van der Waals surface area contributed by atoms with E-state index in [0.717, 1.165) is 17.5 Å². The second-order valence-electron chi connectivity index (χ2n) is 8.98. The number of likely N-dealkylation sites (N-methyl/N-ethyl adjacent to an activating group) is 1. The van der Waals surface area contributed by atoms with Crippen LogP contribution in [0, 0.1) is 0 Å². The molecule has 0 bridgehead atoms. The molecule has 32 heavy (non-hydrogen) atoms. The van der Waals surface area contributed by atoms with E-state index in [1.165, 1.54) is 11.3 Å². The van der Waals surface area contributed by atoms with E-state index in [9.17, 15) is 10.3 Å². The zero-order chi connectivity index (χ0) is 21.9. The number of amides is 1. The first-order chi connectivity index (χ1) is 15.7. The van der Waals surface area contributed by atoms with Gasteiger partial charge in [0.1, 0.15) is 5.41 Å². The molecule has 3 aliphatic rings. The van der Waals surface area contributed by atoms with Gasteiger partial charge in [-0.2, -0.15) is 0 Å². The van der Waals surface area contributed by atoms with Crippen LogP contribution in [0.2, 0.25) is 0 Å². The molecular formula is C26H23N5O. The van der Waals surface area contributed by atoms with Gasteiger partial charge in [0.25, 0.3) is 0 Å². The van der Waals surface area contributed by atoms with E-state index in [1.54, 1.807) is 0 Å². The summed E-state index contributed by atoms with van der Waals surface area (Å²) < 4.78 is 0. The number of azide groups is 1. The molecule has 6 nitrogen and oxygen atoms in total. The molecule has 6 rings (SSSR count). The lowest BCUT2D eigenvalue weighted by Gasteiger charge is -2.39. The normalized spacial score (nSPS) is 27.3. The minimum atomic E-state index is -0.756. The van der Waals surface area contributed by atoms with Crippen molar-refractivity contribution in [3.63, 3.8) is 0 Å². The summed E-state index contributed by atoms with van der Waals surface area (Å²) >= 11 is 0. The second-order valence-corrected chi connectivity index (χ2v) is 8.98. The quantitative estimate of drug-likeness (QED) is 0.335. The molecule has 0 aromatic heterocycles. The Balaban J connectivity index is 1.54. The molecule has 1 saturated heterocycles. The summed E-state index contributed by atoms with van der Waals surface area (Å²) in [5, 5.41) is 3.99. The molecule has 158 valence electrons. The Morgan fingerprint density at radius 1 is 1.00 bits per heavy atom. The monoisotopic (exact) mass is 421 g/mol. The maximum absolute atomic E-state index is 14.4. The lowest BCUT2D eigenvalue weighted by Crippen LogP contribution is -2.50. The van der Waals surface area contributed by atoms with Crippen molar-refractivity contribution in [3.05, 3.63) is 106 Å². The number of anilines is 1.